The maximum atomic E-state index is 11.7. The van der Waals surface area contributed by atoms with Gasteiger partial charge in [-0.3, -0.25) is 0 Å². The second-order valence-corrected chi connectivity index (χ2v) is 4.17. The van der Waals surface area contributed by atoms with Crippen molar-refractivity contribution in [2.24, 2.45) is 0 Å². The first-order valence-electron chi connectivity index (χ1n) is 5.74. The zero-order valence-corrected chi connectivity index (χ0v) is 10.1. The Labute approximate surface area is 101 Å². The number of pyridine rings is 1. The molecule has 0 radical (unpaired) electrons. The zero-order chi connectivity index (χ0) is 12.3. The standard InChI is InChI=1S/C12H17N3O2/c1-9-8-15(7-6-13-9)11-10(12(16)17-2)4-3-5-14-11/h3-5,9,13H,6-8H2,1-2H3/t9-/m0/s1. The highest BCUT2D eigenvalue weighted by Crippen LogP contribution is 2.19. The van der Waals surface area contributed by atoms with Crippen molar-refractivity contribution < 1.29 is 9.53 Å². The van der Waals surface area contributed by atoms with Crippen LogP contribution in [0.2, 0.25) is 0 Å². The summed E-state index contributed by atoms with van der Waals surface area (Å²) in [7, 11) is 1.39. The molecule has 0 saturated carbocycles. The number of carbonyl (C=O) groups excluding carboxylic acids is 1. The molecule has 2 heterocycles. The first kappa shape index (κ1) is 11.9. The van der Waals surface area contributed by atoms with Crippen molar-refractivity contribution in [1.29, 1.82) is 0 Å². The lowest BCUT2D eigenvalue weighted by molar-refractivity contribution is 0.0601. The van der Waals surface area contributed by atoms with E-state index >= 15 is 0 Å². The van der Waals surface area contributed by atoms with Gasteiger partial charge >= 0.3 is 5.97 Å². The number of carbonyl (C=O) groups is 1. The van der Waals surface area contributed by atoms with Crippen LogP contribution in [0.4, 0.5) is 5.82 Å². The Morgan fingerprint density at radius 2 is 2.47 bits per heavy atom. The van der Waals surface area contributed by atoms with E-state index < -0.39 is 0 Å². The van der Waals surface area contributed by atoms with Crippen molar-refractivity contribution in [2.75, 3.05) is 31.6 Å². The second kappa shape index (κ2) is 5.14. The molecule has 2 rings (SSSR count). The van der Waals surface area contributed by atoms with Gasteiger partial charge in [-0.25, -0.2) is 9.78 Å². The van der Waals surface area contributed by atoms with Gasteiger partial charge < -0.3 is 15.0 Å². The van der Waals surface area contributed by atoms with Crippen LogP contribution in [0.3, 0.4) is 0 Å². The number of hydrogen-bond acceptors (Lipinski definition) is 5. The number of rotatable bonds is 2. The maximum Gasteiger partial charge on any atom is 0.341 e. The van der Waals surface area contributed by atoms with E-state index in [9.17, 15) is 4.79 Å². The molecule has 0 amide bonds. The molecule has 1 fully saturated rings. The molecule has 0 aromatic carbocycles. The monoisotopic (exact) mass is 235 g/mol. The third-order valence-corrected chi connectivity index (χ3v) is 2.86. The smallest absolute Gasteiger partial charge is 0.341 e. The molecule has 1 saturated heterocycles. The van der Waals surface area contributed by atoms with Crippen molar-refractivity contribution in [3.05, 3.63) is 23.9 Å². The summed E-state index contributed by atoms with van der Waals surface area (Å²) in [6.07, 6.45) is 1.70. The normalized spacial score (nSPS) is 20.1. The quantitative estimate of drug-likeness (QED) is 0.763. The van der Waals surface area contributed by atoms with Gasteiger partial charge in [0.1, 0.15) is 11.4 Å². The molecule has 1 aliphatic rings. The molecule has 1 atom stereocenters. The lowest BCUT2D eigenvalue weighted by Gasteiger charge is -2.33. The van der Waals surface area contributed by atoms with Crippen LogP contribution in [0, 0.1) is 0 Å². The van der Waals surface area contributed by atoms with E-state index in [0.717, 1.165) is 19.6 Å². The molecule has 5 nitrogen and oxygen atoms in total. The van der Waals surface area contributed by atoms with Gasteiger partial charge in [0.15, 0.2) is 0 Å². The Hall–Kier alpha value is -1.62. The maximum absolute atomic E-state index is 11.7. The van der Waals surface area contributed by atoms with Crippen LogP contribution in [-0.4, -0.2) is 43.7 Å². The highest BCUT2D eigenvalue weighted by atomic mass is 16.5. The van der Waals surface area contributed by atoms with Crippen LogP contribution in [0.1, 0.15) is 17.3 Å². The number of hydrogen-bond donors (Lipinski definition) is 1. The minimum absolute atomic E-state index is 0.334. The molecular formula is C12H17N3O2. The largest absolute Gasteiger partial charge is 0.465 e. The van der Waals surface area contributed by atoms with Crippen LogP contribution in [0.5, 0.6) is 0 Å². The molecule has 1 N–H and O–H groups in total. The van der Waals surface area contributed by atoms with Gasteiger partial charge in [0.25, 0.3) is 0 Å². The summed E-state index contributed by atoms with van der Waals surface area (Å²) in [5, 5.41) is 3.36. The molecule has 17 heavy (non-hydrogen) atoms. The third-order valence-electron chi connectivity index (χ3n) is 2.86. The van der Waals surface area contributed by atoms with Gasteiger partial charge in [-0.05, 0) is 19.1 Å². The molecular weight excluding hydrogens is 218 g/mol. The molecule has 92 valence electrons. The van der Waals surface area contributed by atoms with E-state index in [0.29, 0.717) is 17.4 Å². The van der Waals surface area contributed by atoms with Crippen LogP contribution in [-0.2, 0) is 4.74 Å². The summed E-state index contributed by atoms with van der Waals surface area (Å²) in [5.41, 5.74) is 0.532. The number of ether oxygens (including phenoxy) is 1. The number of nitrogens with one attached hydrogen (secondary N) is 1. The average molecular weight is 235 g/mol. The average Bonchev–Trinajstić information content (AvgIpc) is 2.38. The fourth-order valence-corrected chi connectivity index (χ4v) is 2.04. The summed E-state index contributed by atoms with van der Waals surface area (Å²) in [6.45, 7) is 4.72. The van der Waals surface area contributed by atoms with E-state index in [2.05, 4.69) is 22.1 Å². The van der Waals surface area contributed by atoms with Crippen molar-refractivity contribution in [3.63, 3.8) is 0 Å². The minimum Gasteiger partial charge on any atom is -0.465 e. The topological polar surface area (TPSA) is 54.5 Å². The van der Waals surface area contributed by atoms with E-state index in [4.69, 9.17) is 4.74 Å². The van der Waals surface area contributed by atoms with Gasteiger partial charge in [0.05, 0.1) is 7.11 Å². The third kappa shape index (κ3) is 2.55. The summed E-state index contributed by atoms with van der Waals surface area (Å²) >= 11 is 0. The Morgan fingerprint density at radius 3 is 3.18 bits per heavy atom. The number of esters is 1. The van der Waals surface area contributed by atoms with Gasteiger partial charge in [-0.2, -0.15) is 0 Å². The summed E-state index contributed by atoms with van der Waals surface area (Å²) in [6, 6.07) is 3.90. The number of anilines is 1. The Balaban J connectivity index is 2.27. The van der Waals surface area contributed by atoms with Crippen LogP contribution >= 0.6 is 0 Å². The van der Waals surface area contributed by atoms with E-state index in [-0.39, 0.29) is 5.97 Å². The first-order valence-corrected chi connectivity index (χ1v) is 5.74. The molecule has 5 heteroatoms. The van der Waals surface area contributed by atoms with Gasteiger partial charge in [-0.1, -0.05) is 0 Å². The van der Waals surface area contributed by atoms with Crippen LogP contribution in [0.15, 0.2) is 18.3 Å². The first-order chi connectivity index (χ1) is 8.22. The Kier molecular flexibility index (Phi) is 3.58. The number of piperazine rings is 1. The van der Waals surface area contributed by atoms with Crippen LogP contribution < -0.4 is 10.2 Å². The lowest BCUT2D eigenvalue weighted by atomic mass is 10.2. The highest BCUT2D eigenvalue weighted by Gasteiger charge is 2.22. The molecule has 1 aromatic rings. The number of methoxy groups -OCH3 is 1. The van der Waals surface area contributed by atoms with Crippen molar-refractivity contribution >= 4 is 11.8 Å². The van der Waals surface area contributed by atoms with Gasteiger partial charge in [-0.15, -0.1) is 0 Å². The van der Waals surface area contributed by atoms with Crippen molar-refractivity contribution in [1.82, 2.24) is 10.3 Å². The zero-order valence-electron chi connectivity index (χ0n) is 10.1. The van der Waals surface area contributed by atoms with Crippen molar-refractivity contribution in [3.8, 4) is 0 Å². The molecule has 0 unspecified atom stereocenters. The summed E-state index contributed by atoms with van der Waals surface area (Å²) in [5.74, 6) is 0.381. The summed E-state index contributed by atoms with van der Waals surface area (Å²) in [4.78, 5) is 18.1. The second-order valence-electron chi connectivity index (χ2n) is 4.17. The SMILES string of the molecule is COC(=O)c1cccnc1N1CCN[C@@H](C)C1. The fourth-order valence-electron chi connectivity index (χ4n) is 2.04. The summed E-state index contributed by atoms with van der Waals surface area (Å²) < 4.78 is 4.77. The van der Waals surface area contributed by atoms with E-state index in [1.54, 1.807) is 18.3 Å². The Morgan fingerprint density at radius 1 is 1.65 bits per heavy atom. The molecule has 1 aromatic heterocycles. The van der Waals surface area contributed by atoms with E-state index in [1.165, 1.54) is 7.11 Å². The predicted molar refractivity (Wildman–Crippen MR) is 65.3 cm³/mol. The van der Waals surface area contributed by atoms with Gasteiger partial charge in [0.2, 0.25) is 0 Å². The molecule has 0 spiro atoms. The minimum atomic E-state index is -0.334. The number of nitrogens with zero attached hydrogens (tertiary/aromatic N) is 2. The molecule has 1 aliphatic heterocycles. The molecule has 0 bridgehead atoms. The predicted octanol–water partition coefficient (Wildman–Crippen LogP) is 0.666. The van der Waals surface area contributed by atoms with Gasteiger partial charge in [0, 0.05) is 31.9 Å². The van der Waals surface area contributed by atoms with E-state index in [1.807, 2.05) is 0 Å². The fraction of sp³-hybridized carbons (Fsp3) is 0.500. The Bertz CT molecular complexity index is 408. The number of aromatic nitrogens is 1. The lowest BCUT2D eigenvalue weighted by Crippen LogP contribution is -2.50. The van der Waals surface area contributed by atoms with Crippen LogP contribution in [0.25, 0.3) is 0 Å². The van der Waals surface area contributed by atoms with Crippen molar-refractivity contribution in [2.45, 2.75) is 13.0 Å². The molecule has 0 aliphatic carbocycles. The highest BCUT2D eigenvalue weighted by molar-refractivity contribution is 5.94.